The maximum absolute atomic E-state index is 13.6. The van der Waals surface area contributed by atoms with Crippen molar-refractivity contribution in [3.63, 3.8) is 0 Å². The van der Waals surface area contributed by atoms with Crippen LogP contribution in [0.3, 0.4) is 0 Å². The molecule has 0 bridgehead atoms. The van der Waals surface area contributed by atoms with Gasteiger partial charge in [0.15, 0.2) is 10.1 Å². The number of imidazole rings is 1. The summed E-state index contributed by atoms with van der Waals surface area (Å²) in [5.74, 6) is -0.441. The SMILES string of the molecule is NCCc1cn(S(=O)(=O)c2c(Cl)nc3sccn23)c2ccc(F)cc12. The predicted molar refractivity (Wildman–Crippen MR) is 95.3 cm³/mol. The van der Waals surface area contributed by atoms with Gasteiger partial charge in [-0.3, -0.25) is 4.40 Å². The van der Waals surface area contributed by atoms with Crippen LogP contribution in [0.4, 0.5) is 4.39 Å². The van der Waals surface area contributed by atoms with E-state index in [1.807, 2.05) is 0 Å². The minimum Gasteiger partial charge on any atom is -0.330 e. The molecular weight excluding hydrogens is 387 g/mol. The largest absolute Gasteiger partial charge is 0.330 e. The lowest BCUT2D eigenvalue weighted by atomic mass is 10.1. The van der Waals surface area contributed by atoms with Crippen LogP contribution in [0.1, 0.15) is 5.56 Å². The summed E-state index contributed by atoms with van der Waals surface area (Å²) in [5, 5.41) is 2.01. The van der Waals surface area contributed by atoms with E-state index in [-0.39, 0.29) is 10.2 Å². The highest BCUT2D eigenvalue weighted by atomic mass is 35.5. The summed E-state index contributed by atoms with van der Waals surface area (Å²) >= 11 is 7.37. The van der Waals surface area contributed by atoms with Crippen LogP contribution in [0, 0.1) is 5.82 Å². The second-order valence-corrected chi connectivity index (χ2v) is 8.38. The summed E-state index contributed by atoms with van der Waals surface area (Å²) in [6.07, 6.45) is 3.49. The summed E-state index contributed by atoms with van der Waals surface area (Å²) in [6, 6.07) is 3.96. The number of thiazole rings is 1. The molecule has 0 amide bonds. The van der Waals surface area contributed by atoms with Crippen LogP contribution >= 0.6 is 22.9 Å². The van der Waals surface area contributed by atoms with Crippen molar-refractivity contribution >= 4 is 48.8 Å². The summed E-state index contributed by atoms with van der Waals surface area (Å²) in [5.41, 5.74) is 6.62. The number of nitrogens with two attached hydrogens (primary N) is 1. The van der Waals surface area contributed by atoms with Crippen molar-refractivity contribution in [2.45, 2.75) is 11.4 Å². The first-order chi connectivity index (χ1) is 11.9. The number of hydrogen-bond donors (Lipinski definition) is 1. The van der Waals surface area contributed by atoms with Crippen molar-refractivity contribution in [3.05, 3.63) is 52.5 Å². The fourth-order valence-electron chi connectivity index (χ4n) is 2.85. The first kappa shape index (κ1) is 16.5. The molecule has 2 N–H and O–H groups in total. The lowest BCUT2D eigenvalue weighted by Crippen LogP contribution is -2.14. The topological polar surface area (TPSA) is 82.4 Å². The van der Waals surface area contributed by atoms with Crippen molar-refractivity contribution < 1.29 is 12.8 Å². The molecule has 130 valence electrons. The number of benzene rings is 1. The van der Waals surface area contributed by atoms with Crippen molar-refractivity contribution in [2.75, 3.05) is 6.54 Å². The van der Waals surface area contributed by atoms with Gasteiger partial charge < -0.3 is 5.73 Å². The number of halogens is 2. The van der Waals surface area contributed by atoms with Crippen molar-refractivity contribution in [3.8, 4) is 0 Å². The number of nitrogens with zero attached hydrogens (tertiary/aromatic N) is 3. The van der Waals surface area contributed by atoms with Crippen molar-refractivity contribution in [2.24, 2.45) is 5.73 Å². The van der Waals surface area contributed by atoms with Gasteiger partial charge in [-0.25, -0.2) is 13.3 Å². The van der Waals surface area contributed by atoms with Gasteiger partial charge in [-0.15, -0.1) is 11.3 Å². The number of rotatable bonds is 4. The van der Waals surface area contributed by atoms with Crippen LogP contribution in [-0.4, -0.2) is 28.3 Å². The number of hydrogen-bond acceptors (Lipinski definition) is 5. The Kier molecular flexibility index (Phi) is 3.84. The van der Waals surface area contributed by atoms with Gasteiger partial charge in [0.25, 0.3) is 10.0 Å². The van der Waals surface area contributed by atoms with Gasteiger partial charge >= 0.3 is 0 Å². The van der Waals surface area contributed by atoms with E-state index in [0.717, 1.165) is 3.97 Å². The third kappa shape index (κ3) is 2.46. The molecule has 0 unspecified atom stereocenters. The number of fused-ring (bicyclic) bond motifs is 2. The molecule has 4 aromatic rings. The average Bonchev–Trinajstić information content (AvgIpc) is 3.20. The van der Waals surface area contributed by atoms with Crippen molar-refractivity contribution in [1.29, 1.82) is 0 Å². The Hall–Kier alpha value is -1.94. The molecule has 6 nitrogen and oxygen atoms in total. The smallest absolute Gasteiger partial charge is 0.287 e. The van der Waals surface area contributed by atoms with E-state index in [9.17, 15) is 12.8 Å². The van der Waals surface area contributed by atoms with E-state index in [1.54, 1.807) is 11.6 Å². The average molecular weight is 399 g/mol. The molecule has 10 heteroatoms. The molecule has 0 radical (unpaired) electrons. The fraction of sp³-hybridized carbons (Fsp3) is 0.133. The van der Waals surface area contributed by atoms with E-state index in [0.29, 0.717) is 34.4 Å². The molecule has 0 saturated heterocycles. The Morgan fingerprint density at radius 1 is 1.36 bits per heavy atom. The standard InChI is InChI=1S/C15H12ClFN4O2S2/c16-13-14(20-5-6-24-15(20)19-13)25(22,23)21-8-9(3-4-18)11-7-10(17)1-2-12(11)21/h1-2,5-8H,3-4,18H2. The summed E-state index contributed by atoms with van der Waals surface area (Å²) in [6.45, 7) is 0.317. The highest BCUT2D eigenvalue weighted by Gasteiger charge is 2.29. The monoisotopic (exact) mass is 398 g/mol. The molecule has 0 atom stereocenters. The van der Waals surface area contributed by atoms with Gasteiger partial charge in [0.1, 0.15) is 5.82 Å². The maximum Gasteiger partial charge on any atom is 0.287 e. The molecule has 0 spiro atoms. The highest BCUT2D eigenvalue weighted by Crippen LogP contribution is 2.31. The van der Waals surface area contributed by atoms with Crippen LogP contribution in [-0.2, 0) is 16.4 Å². The number of aromatic nitrogens is 3. The van der Waals surface area contributed by atoms with E-state index in [1.165, 1.54) is 40.1 Å². The molecule has 25 heavy (non-hydrogen) atoms. The van der Waals surface area contributed by atoms with Crippen LogP contribution < -0.4 is 5.73 Å². The maximum atomic E-state index is 13.6. The van der Waals surface area contributed by atoms with Gasteiger partial charge in [0, 0.05) is 23.2 Å². The van der Waals surface area contributed by atoms with Crippen LogP contribution in [0.5, 0.6) is 0 Å². The Morgan fingerprint density at radius 3 is 2.92 bits per heavy atom. The lowest BCUT2D eigenvalue weighted by Gasteiger charge is -2.07. The molecule has 1 aromatic carbocycles. The molecule has 3 aromatic heterocycles. The second-order valence-electron chi connectivity index (χ2n) is 5.42. The Labute approximate surface area is 151 Å². The third-order valence-electron chi connectivity index (χ3n) is 3.91. The molecule has 0 aliphatic rings. The molecule has 4 rings (SSSR count). The lowest BCUT2D eigenvalue weighted by molar-refractivity contribution is 0.584. The zero-order valence-electron chi connectivity index (χ0n) is 12.7. The Balaban J connectivity index is 2.03. The Morgan fingerprint density at radius 2 is 2.16 bits per heavy atom. The van der Waals surface area contributed by atoms with Gasteiger partial charge in [0.2, 0.25) is 5.03 Å². The van der Waals surface area contributed by atoms with E-state index in [2.05, 4.69) is 4.98 Å². The second kappa shape index (κ2) is 5.80. The van der Waals surface area contributed by atoms with E-state index >= 15 is 0 Å². The minimum absolute atomic E-state index is 0.101. The van der Waals surface area contributed by atoms with Gasteiger partial charge in [-0.05, 0) is 36.7 Å². The van der Waals surface area contributed by atoms with Crippen LogP contribution in [0.2, 0.25) is 5.15 Å². The van der Waals surface area contributed by atoms with Gasteiger partial charge in [-0.2, -0.15) is 8.42 Å². The van der Waals surface area contributed by atoms with E-state index < -0.39 is 15.8 Å². The molecule has 0 aliphatic heterocycles. The molecule has 0 aliphatic carbocycles. The normalized spacial score (nSPS) is 12.4. The van der Waals surface area contributed by atoms with Crippen LogP contribution in [0.25, 0.3) is 15.9 Å². The van der Waals surface area contributed by atoms with Crippen LogP contribution in [0.15, 0.2) is 41.0 Å². The van der Waals surface area contributed by atoms with E-state index in [4.69, 9.17) is 17.3 Å². The first-order valence-electron chi connectivity index (χ1n) is 7.29. The molecule has 3 heterocycles. The van der Waals surface area contributed by atoms with Gasteiger partial charge in [0.05, 0.1) is 5.52 Å². The minimum atomic E-state index is -4.03. The summed E-state index contributed by atoms with van der Waals surface area (Å²) in [7, 11) is -4.03. The zero-order chi connectivity index (χ0) is 17.8. The van der Waals surface area contributed by atoms with Crippen molar-refractivity contribution in [1.82, 2.24) is 13.4 Å². The quantitative estimate of drug-likeness (QED) is 0.573. The predicted octanol–water partition coefficient (Wildman–Crippen LogP) is 2.88. The summed E-state index contributed by atoms with van der Waals surface area (Å²) < 4.78 is 42.7. The van der Waals surface area contributed by atoms with Gasteiger partial charge in [-0.1, -0.05) is 11.6 Å². The zero-order valence-corrected chi connectivity index (χ0v) is 15.1. The first-order valence-corrected chi connectivity index (χ1v) is 9.99. The molecule has 0 saturated carbocycles. The third-order valence-corrected chi connectivity index (χ3v) is 6.74. The fourth-order valence-corrected chi connectivity index (χ4v) is 5.66. The summed E-state index contributed by atoms with van der Waals surface area (Å²) in [4.78, 5) is 4.56. The molecule has 0 fully saturated rings. The molecular formula is C15H12ClFN4O2S2. The highest BCUT2D eigenvalue weighted by molar-refractivity contribution is 7.90. The Bertz CT molecular complexity index is 1210.